The van der Waals surface area contributed by atoms with E-state index < -0.39 is 4.92 Å². The molecule has 0 aliphatic carbocycles. The van der Waals surface area contributed by atoms with Crippen LogP contribution in [-0.4, -0.2) is 4.92 Å². The minimum atomic E-state index is -0.419. The molecule has 0 atom stereocenters. The van der Waals surface area contributed by atoms with Crippen LogP contribution in [0.25, 0.3) is 0 Å². The maximum atomic E-state index is 10.9. The number of hydrogen-bond acceptors (Lipinski definition) is 3. The number of nitro benzene ring substituents is 1. The fourth-order valence-corrected chi connectivity index (χ4v) is 2.58. The van der Waals surface area contributed by atoms with Crippen molar-refractivity contribution < 1.29 is 4.92 Å². The molecule has 0 fully saturated rings. The third-order valence-corrected chi connectivity index (χ3v) is 3.90. The zero-order chi connectivity index (χ0) is 18.5. The van der Waals surface area contributed by atoms with Crippen molar-refractivity contribution >= 4 is 22.7 Å². The molecule has 0 aliphatic rings. The van der Waals surface area contributed by atoms with Gasteiger partial charge in [-0.05, 0) is 60.7 Å². The summed E-state index contributed by atoms with van der Waals surface area (Å²) in [6, 6.07) is 21.4. The molecule has 3 aromatic carbocycles. The molecule has 4 heteroatoms. The van der Waals surface area contributed by atoms with Crippen LogP contribution in [0.1, 0.15) is 11.1 Å². The average Bonchev–Trinajstić information content (AvgIpc) is 2.69. The summed E-state index contributed by atoms with van der Waals surface area (Å²) in [4.78, 5) is 12.5. The van der Waals surface area contributed by atoms with Crippen LogP contribution in [0.4, 0.5) is 22.7 Å². The summed E-state index contributed by atoms with van der Waals surface area (Å²) in [5.74, 6) is 5.18. The van der Waals surface area contributed by atoms with Gasteiger partial charge in [0.25, 0.3) is 5.69 Å². The van der Waals surface area contributed by atoms with Gasteiger partial charge in [-0.25, -0.2) is 0 Å². The number of non-ortho nitro benzene ring substituents is 1. The average molecular weight is 338 g/mol. The van der Waals surface area contributed by atoms with Gasteiger partial charge in [0, 0.05) is 40.3 Å². The maximum absolute atomic E-state index is 10.9. The van der Waals surface area contributed by atoms with E-state index in [1.54, 1.807) is 12.1 Å². The predicted molar refractivity (Wildman–Crippen MR) is 104 cm³/mol. The van der Waals surface area contributed by atoms with Gasteiger partial charge in [-0.2, -0.15) is 0 Å². The van der Waals surface area contributed by atoms with Crippen molar-refractivity contribution in [2.24, 2.45) is 0 Å². The highest BCUT2D eigenvalue weighted by molar-refractivity contribution is 5.77. The van der Waals surface area contributed by atoms with E-state index in [1.807, 2.05) is 53.4 Å². The smallest absolute Gasteiger partial charge is 0.269 e. The number of hydrogen-bond donors (Lipinski definition) is 0. The van der Waals surface area contributed by atoms with Crippen molar-refractivity contribution in [1.29, 1.82) is 0 Å². The van der Waals surface area contributed by atoms with Gasteiger partial charge in [0.2, 0.25) is 0 Å². The molecule has 0 N–H and O–H groups in total. The van der Waals surface area contributed by atoms with Crippen LogP contribution in [-0.2, 0) is 0 Å². The quantitative estimate of drug-likeness (QED) is 0.381. The van der Waals surface area contributed by atoms with Crippen LogP contribution in [0.3, 0.4) is 0 Å². The summed E-state index contributed by atoms with van der Waals surface area (Å²) in [5, 5.41) is 10.9. The lowest BCUT2D eigenvalue weighted by atomic mass is 10.1. The number of rotatable bonds is 4. The van der Waals surface area contributed by atoms with Gasteiger partial charge in [0.1, 0.15) is 0 Å². The van der Waals surface area contributed by atoms with E-state index in [4.69, 9.17) is 12.8 Å². The number of nitrogens with zero attached hydrogens (tertiary/aromatic N) is 2. The second kappa shape index (κ2) is 7.25. The summed E-state index contributed by atoms with van der Waals surface area (Å²) in [6.45, 7) is 0. The molecule has 0 aliphatic heterocycles. The molecule has 0 saturated carbocycles. The standard InChI is InChI=1S/C22H14N2O2/c1-3-17-5-9-19(10-6-17)23(20-11-7-18(4-2)8-12-20)21-13-15-22(16-14-21)24(25)26/h1-2,5-16H. The highest BCUT2D eigenvalue weighted by atomic mass is 16.6. The largest absolute Gasteiger partial charge is 0.310 e. The van der Waals surface area contributed by atoms with E-state index in [1.165, 1.54) is 12.1 Å². The minimum Gasteiger partial charge on any atom is -0.310 e. The van der Waals surface area contributed by atoms with Crippen molar-refractivity contribution in [1.82, 2.24) is 0 Å². The van der Waals surface area contributed by atoms with E-state index in [-0.39, 0.29) is 5.69 Å². The summed E-state index contributed by atoms with van der Waals surface area (Å²) in [6.07, 6.45) is 10.9. The van der Waals surface area contributed by atoms with Crippen LogP contribution in [0.2, 0.25) is 0 Å². The van der Waals surface area contributed by atoms with Crippen molar-refractivity contribution in [3.8, 4) is 24.7 Å². The SMILES string of the molecule is C#Cc1ccc(N(c2ccc(C#C)cc2)c2ccc([N+](=O)[O-])cc2)cc1. The molecule has 0 radical (unpaired) electrons. The molecule has 0 saturated heterocycles. The lowest BCUT2D eigenvalue weighted by Crippen LogP contribution is -2.10. The molecule has 4 nitrogen and oxygen atoms in total. The lowest BCUT2D eigenvalue weighted by molar-refractivity contribution is -0.384. The molecule has 124 valence electrons. The first-order valence-electron chi connectivity index (χ1n) is 7.80. The molecule has 3 rings (SSSR count). The summed E-state index contributed by atoms with van der Waals surface area (Å²) in [5.41, 5.74) is 4.15. The topological polar surface area (TPSA) is 46.4 Å². The Labute approximate surface area is 151 Å². The normalized spacial score (nSPS) is 9.77. The Hall–Kier alpha value is -4.02. The molecule has 0 heterocycles. The van der Waals surface area contributed by atoms with E-state index in [0.29, 0.717) is 0 Å². The molecule has 26 heavy (non-hydrogen) atoms. The third kappa shape index (κ3) is 3.40. The second-order valence-electron chi connectivity index (χ2n) is 5.49. The van der Waals surface area contributed by atoms with Crippen LogP contribution in [0.15, 0.2) is 72.8 Å². The summed E-state index contributed by atoms with van der Waals surface area (Å²) >= 11 is 0. The maximum Gasteiger partial charge on any atom is 0.269 e. The van der Waals surface area contributed by atoms with E-state index in [0.717, 1.165) is 28.2 Å². The second-order valence-corrected chi connectivity index (χ2v) is 5.49. The van der Waals surface area contributed by atoms with Crippen molar-refractivity contribution in [2.75, 3.05) is 4.90 Å². The fraction of sp³-hybridized carbons (Fsp3) is 0. The molecule has 0 unspecified atom stereocenters. The number of nitro groups is 1. The minimum absolute atomic E-state index is 0.0408. The fourth-order valence-electron chi connectivity index (χ4n) is 2.58. The van der Waals surface area contributed by atoms with E-state index in [9.17, 15) is 10.1 Å². The molecular formula is C22H14N2O2. The first-order chi connectivity index (χ1) is 12.6. The highest BCUT2D eigenvalue weighted by Crippen LogP contribution is 2.35. The first kappa shape index (κ1) is 16.8. The van der Waals surface area contributed by atoms with Crippen LogP contribution in [0.5, 0.6) is 0 Å². The zero-order valence-electron chi connectivity index (χ0n) is 13.8. The number of benzene rings is 3. The van der Waals surface area contributed by atoms with E-state index >= 15 is 0 Å². The summed E-state index contributed by atoms with van der Waals surface area (Å²) in [7, 11) is 0. The first-order valence-corrected chi connectivity index (χ1v) is 7.80. The monoisotopic (exact) mass is 338 g/mol. The van der Waals surface area contributed by atoms with Gasteiger partial charge in [-0.3, -0.25) is 10.1 Å². The van der Waals surface area contributed by atoms with E-state index in [2.05, 4.69) is 11.8 Å². The zero-order valence-corrected chi connectivity index (χ0v) is 13.8. The molecule has 0 aromatic heterocycles. The van der Waals surface area contributed by atoms with Crippen molar-refractivity contribution in [2.45, 2.75) is 0 Å². The molecular weight excluding hydrogens is 324 g/mol. The van der Waals surface area contributed by atoms with Gasteiger partial charge in [-0.15, -0.1) is 12.8 Å². The summed E-state index contributed by atoms with van der Waals surface area (Å²) < 4.78 is 0. The lowest BCUT2D eigenvalue weighted by Gasteiger charge is -2.25. The van der Waals surface area contributed by atoms with Crippen LogP contribution < -0.4 is 4.90 Å². The molecule has 0 amide bonds. The van der Waals surface area contributed by atoms with Gasteiger partial charge in [0.05, 0.1) is 4.92 Å². The van der Waals surface area contributed by atoms with Gasteiger partial charge in [0.15, 0.2) is 0 Å². The van der Waals surface area contributed by atoms with Gasteiger partial charge < -0.3 is 4.90 Å². The molecule has 0 spiro atoms. The Morgan fingerprint density at radius 1 is 0.692 bits per heavy atom. The van der Waals surface area contributed by atoms with Crippen LogP contribution >= 0.6 is 0 Å². The third-order valence-electron chi connectivity index (χ3n) is 3.90. The molecule has 0 bridgehead atoms. The number of terminal acetylenes is 2. The van der Waals surface area contributed by atoms with Crippen molar-refractivity contribution in [3.63, 3.8) is 0 Å². The Morgan fingerprint density at radius 3 is 1.35 bits per heavy atom. The Balaban J connectivity index is 2.09. The van der Waals surface area contributed by atoms with Crippen molar-refractivity contribution in [3.05, 3.63) is 94.0 Å². The molecule has 3 aromatic rings. The van der Waals surface area contributed by atoms with Gasteiger partial charge >= 0.3 is 0 Å². The number of anilines is 3. The predicted octanol–water partition coefficient (Wildman–Crippen LogP) is 5.03. The van der Waals surface area contributed by atoms with Gasteiger partial charge in [-0.1, -0.05) is 11.8 Å². The Kier molecular flexibility index (Phi) is 4.69. The highest BCUT2D eigenvalue weighted by Gasteiger charge is 2.14. The Morgan fingerprint density at radius 2 is 1.04 bits per heavy atom. The van der Waals surface area contributed by atoms with Crippen LogP contribution in [0, 0.1) is 34.8 Å². The Bertz CT molecular complexity index is 949.